The van der Waals surface area contributed by atoms with Crippen LogP contribution in [0, 0.1) is 14.9 Å². The largest absolute Gasteiger partial charge is 0.490 e. The van der Waals surface area contributed by atoms with Gasteiger partial charge in [0.15, 0.2) is 18.1 Å². The number of alkyl halides is 3. The Balaban J connectivity index is 2.33. The predicted molar refractivity (Wildman–Crippen MR) is 117 cm³/mol. The average Bonchev–Trinajstić information content (AvgIpc) is 2.71. The van der Waals surface area contributed by atoms with E-state index in [1.807, 2.05) is 22.6 Å². The first kappa shape index (κ1) is 25.0. The molecule has 2 rings (SSSR count). The van der Waals surface area contributed by atoms with Gasteiger partial charge < -0.3 is 19.9 Å². The van der Waals surface area contributed by atoms with Crippen LogP contribution in [-0.4, -0.2) is 30.2 Å². The Labute approximate surface area is 194 Å². The minimum absolute atomic E-state index is 0.118. The summed E-state index contributed by atoms with van der Waals surface area (Å²) in [5.74, 6) is -1.67. The van der Waals surface area contributed by atoms with Crippen LogP contribution in [0.3, 0.4) is 0 Å². The summed E-state index contributed by atoms with van der Waals surface area (Å²) in [4.78, 5) is 23.2. The lowest BCUT2D eigenvalue weighted by Crippen LogP contribution is -2.14. The number of rotatable bonds is 8. The molecule has 0 bridgehead atoms. The Morgan fingerprint density at radius 1 is 1.25 bits per heavy atom. The highest BCUT2D eigenvalue weighted by atomic mass is 127. The molecule has 0 saturated heterocycles. The zero-order valence-corrected chi connectivity index (χ0v) is 18.7. The van der Waals surface area contributed by atoms with E-state index in [2.05, 4.69) is 5.32 Å². The number of aliphatic carboxylic acids is 1. The van der Waals surface area contributed by atoms with Crippen molar-refractivity contribution in [2.45, 2.75) is 13.1 Å². The van der Waals surface area contributed by atoms with Gasteiger partial charge in [-0.15, -0.1) is 0 Å². The third-order valence-corrected chi connectivity index (χ3v) is 4.60. The number of nitriles is 1. The number of nitrogens with zero attached hydrogens (tertiary/aromatic N) is 1. The number of hydrogen-bond acceptors (Lipinski definition) is 5. The van der Waals surface area contributed by atoms with E-state index in [0.717, 1.165) is 18.2 Å². The monoisotopic (exact) mass is 560 g/mol. The van der Waals surface area contributed by atoms with Crippen molar-refractivity contribution in [3.05, 3.63) is 56.7 Å². The maximum Gasteiger partial charge on any atom is 0.416 e. The summed E-state index contributed by atoms with van der Waals surface area (Å²) in [6, 6.07) is 8.74. The average molecular weight is 560 g/mol. The normalized spacial score (nSPS) is 11.4. The van der Waals surface area contributed by atoms with Crippen molar-refractivity contribution in [3.63, 3.8) is 0 Å². The van der Waals surface area contributed by atoms with E-state index in [1.165, 1.54) is 24.3 Å². The molecule has 0 heterocycles. The summed E-state index contributed by atoms with van der Waals surface area (Å²) < 4.78 is 49.7. The zero-order valence-electron chi connectivity index (χ0n) is 16.5. The second kappa shape index (κ2) is 10.9. The molecule has 11 heteroatoms. The van der Waals surface area contributed by atoms with Gasteiger partial charge in [0.2, 0.25) is 0 Å². The van der Waals surface area contributed by atoms with Crippen LogP contribution in [0.15, 0.2) is 42.0 Å². The number of ether oxygens (including phenoxy) is 2. The first-order chi connectivity index (χ1) is 15.0. The van der Waals surface area contributed by atoms with Crippen molar-refractivity contribution in [2.24, 2.45) is 0 Å². The summed E-state index contributed by atoms with van der Waals surface area (Å²) in [6.07, 6.45) is -3.35. The number of carbonyl (C=O) groups excluding carboxylic acids is 1. The van der Waals surface area contributed by atoms with Gasteiger partial charge in [-0.3, -0.25) is 4.79 Å². The molecule has 7 nitrogen and oxygen atoms in total. The molecule has 0 aliphatic heterocycles. The van der Waals surface area contributed by atoms with E-state index in [1.54, 1.807) is 13.0 Å². The highest BCUT2D eigenvalue weighted by Crippen LogP contribution is 2.35. The van der Waals surface area contributed by atoms with Crippen molar-refractivity contribution in [3.8, 4) is 17.6 Å². The number of carboxylic acids is 1. The number of amides is 1. The first-order valence-corrected chi connectivity index (χ1v) is 10.0. The summed E-state index contributed by atoms with van der Waals surface area (Å²) in [7, 11) is 0. The van der Waals surface area contributed by atoms with E-state index in [-0.39, 0.29) is 29.4 Å². The van der Waals surface area contributed by atoms with Crippen molar-refractivity contribution >= 4 is 46.2 Å². The van der Waals surface area contributed by atoms with E-state index in [9.17, 15) is 28.0 Å². The Morgan fingerprint density at radius 2 is 1.97 bits per heavy atom. The number of nitrogens with one attached hydrogen (secondary N) is 1. The highest BCUT2D eigenvalue weighted by molar-refractivity contribution is 14.1. The molecule has 0 radical (unpaired) electrons. The van der Waals surface area contributed by atoms with Crippen LogP contribution in [0.5, 0.6) is 11.5 Å². The number of halogens is 4. The number of anilines is 1. The molecule has 0 unspecified atom stereocenters. The van der Waals surface area contributed by atoms with E-state index >= 15 is 0 Å². The standard InChI is InChI=1S/C21H16F3IN2O5/c1-2-31-17-8-12(7-16(25)19(17)32-11-18(28)29)6-13(10-26)20(30)27-15-5-3-4-14(9-15)21(22,23)24/h3-9H,2,11H2,1H3,(H,27,30)(H,28,29)/b13-6+. The van der Waals surface area contributed by atoms with Crippen molar-refractivity contribution in [1.82, 2.24) is 0 Å². The number of carbonyl (C=O) groups is 2. The van der Waals surface area contributed by atoms with Gasteiger partial charge in [0.25, 0.3) is 5.91 Å². The van der Waals surface area contributed by atoms with Crippen LogP contribution in [-0.2, 0) is 15.8 Å². The molecule has 0 aromatic heterocycles. The summed E-state index contributed by atoms with van der Waals surface area (Å²) in [6.45, 7) is 1.36. The molecular formula is C21H16F3IN2O5. The van der Waals surface area contributed by atoms with E-state index in [4.69, 9.17) is 14.6 Å². The van der Waals surface area contributed by atoms with E-state index < -0.39 is 30.2 Å². The Hall–Kier alpha value is -3.27. The van der Waals surface area contributed by atoms with Gasteiger partial charge in [0, 0.05) is 5.69 Å². The number of hydrogen-bond donors (Lipinski definition) is 2. The van der Waals surface area contributed by atoms with Gasteiger partial charge in [0.05, 0.1) is 15.7 Å². The lowest BCUT2D eigenvalue weighted by molar-refractivity contribution is -0.139. The van der Waals surface area contributed by atoms with Crippen molar-refractivity contribution in [2.75, 3.05) is 18.5 Å². The smallest absolute Gasteiger partial charge is 0.416 e. The van der Waals surface area contributed by atoms with Gasteiger partial charge in [-0.25, -0.2) is 4.79 Å². The molecule has 0 saturated carbocycles. The van der Waals surface area contributed by atoms with Crippen LogP contribution in [0.25, 0.3) is 6.08 Å². The summed E-state index contributed by atoms with van der Waals surface area (Å²) in [5.41, 5.74) is -1.05. The first-order valence-electron chi connectivity index (χ1n) is 8.96. The summed E-state index contributed by atoms with van der Waals surface area (Å²) >= 11 is 1.89. The third-order valence-electron chi connectivity index (χ3n) is 3.80. The lowest BCUT2D eigenvalue weighted by atomic mass is 10.1. The molecule has 0 aliphatic rings. The molecule has 0 spiro atoms. The molecule has 32 heavy (non-hydrogen) atoms. The number of benzene rings is 2. The van der Waals surface area contributed by atoms with E-state index in [0.29, 0.717) is 9.13 Å². The van der Waals surface area contributed by atoms with Crippen molar-refractivity contribution < 1.29 is 37.3 Å². The van der Waals surface area contributed by atoms with Gasteiger partial charge >= 0.3 is 12.1 Å². The molecule has 168 valence electrons. The zero-order chi connectivity index (χ0) is 23.9. The Morgan fingerprint density at radius 3 is 2.56 bits per heavy atom. The number of carboxylic acid groups (broad SMARTS) is 1. The van der Waals surface area contributed by atoms with Gasteiger partial charge in [-0.2, -0.15) is 18.4 Å². The van der Waals surface area contributed by atoms with Crippen LogP contribution in [0.1, 0.15) is 18.1 Å². The van der Waals surface area contributed by atoms with Gasteiger partial charge in [0.1, 0.15) is 11.6 Å². The Bertz CT molecular complexity index is 1090. The maximum absolute atomic E-state index is 12.9. The van der Waals surface area contributed by atoms with Crippen LogP contribution in [0.4, 0.5) is 18.9 Å². The lowest BCUT2D eigenvalue weighted by Gasteiger charge is -2.14. The molecule has 0 atom stereocenters. The highest BCUT2D eigenvalue weighted by Gasteiger charge is 2.30. The molecule has 2 aromatic rings. The fraction of sp³-hybridized carbons (Fsp3) is 0.190. The maximum atomic E-state index is 12.9. The molecule has 2 aromatic carbocycles. The molecule has 2 N–H and O–H groups in total. The second-order valence-electron chi connectivity index (χ2n) is 6.15. The molecular weight excluding hydrogens is 544 g/mol. The molecule has 0 fully saturated rings. The second-order valence-corrected chi connectivity index (χ2v) is 7.31. The van der Waals surface area contributed by atoms with Crippen LogP contribution < -0.4 is 14.8 Å². The Kier molecular flexibility index (Phi) is 8.48. The molecule has 0 aliphatic carbocycles. The quantitative estimate of drug-likeness (QED) is 0.275. The van der Waals surface area contributed by atoms with Gasteiger partial charge in [-0.05, 0) is 71.5 Å². The van der Waals surface area contributed by atoms with Crippen LogP contribution in [0.2, 0.25) is 0 Å². The summed E-state index contributed by atoms with van der Waals surface area (Å²) in [5, 5.41) is 20.5. The fourth-order valence-electron chi connectivity index (χ4n) is 2.50. The third kappa shape index (κ3) is 6.88. The molecule has 1 amide bonds. The SMILES string of the molecule is CCOc1cc(/C=C(\C#N)C(=O)Nc2cccc(C(F)(F)F)c2)cc(I)c1OCC(=O)O. The minimum atomic E-state index is -4.58. The topological polar surface area (TPSA) is 109 Å². The van der Waals surface area contributed by atoms with Crippen molar-refractivity contribution in [1.29, 1.82) is 5.26 Å². The minimum Gasteiger partial charge on any atom is -0.490 e. The van der Waals surface area contributed by atoms with Crippen LogP contribution >= 0.6 is 22.6 Å². The predicted octanol–water partition coefficient (Wildman–Crippen LogP) is 4.72. The van der Waals surface area contributed by atoms with Gasteiger partial charge in [-0.1, -0.05) is 6.07 Å². The fourth-order valence-corrected chi connectivity index (χ4v) is 3.28.